The van der Waals surface area contributed by atoms with Gasteiger partial charge in [-0.25, -0.2) is 0 Å². The summed E-state index contributed by atoms with van der Waals surface area (Å²) in [5.41, 5.74) is 17.7. The van der Waals surface area contributed by atoms with Gasteiger partial charge in [0, 0.05) is 56.2 Å². The molecule has 0 saturated heterocycles. The van der Waals surface area contributed by atoms with E-state index >= 15 is 0 Å². The fourth-order valence-electron chi connectivity index (χ4n) is 10.1. The number of hydrogen-bond acceptors (Lipinski definition) is 2. The smallest absolute Gasteiger partial charge is 0.142 e. The first-order valence-corrected chi connectivity index (χ1v) is 19.3. The molecule has 0 fully saturated rings. The first kappa shape index (κ1) is 31.4. The maximum absolute atomic E-state index is 7.00. The van der Waals surface area contributed by atoms with Gasteiger partial charge in [0.25, 0.3) is 0 Å². The summed E-state index contributed by atoms with van der Waals surface area (Å²) in [6, 6.07) is 56.3. The molecule has 0 spiro atoms. The molecule has 0 radical (unpaired) electrons. The van der Waals surface area contributed by atoms with Crippen LogP contribution >= 0.6 is 0 Å². The third-order valence-corrected chi connectivity index (χ3v) is 12.8. The summed E-state index contributed by atoms with van der Waals surface area (Å²) in [6.45, 7) is 9.49. The van der Waals surface area contributed by atoms with Crippen molar-refractivity contribution in [2.45, 2.75) is 50.9 Å². The predicted octanol–water partition coefficient (Wildman–Crippen LogP) is 13.9. The Labute approximate surface area is 317 Å². The highest BCUT2D eigenvalue weighted by atomic mass is 16.3. The standard InChI is InChI=1S/C52H41NO/c1-51(2)44-20-12-10-18-38(44)40-26-23-34(29-46(40)51)53(35-24-27-41-39-19-11-13-21-45(39)52(3,4)47(41)30-35)36-28-43(32-14-6-5-7-15-32)49-42-25-22-33-16-8-9-17-37(33)50(42)54-48(49)31-36/h5-27,29-31,43H,28H2,1-4H3. The van der Waals surface area contributed by atoms with Gasteiger partial charge >= 0.3 is 0 Å². The Kier molecular flexibility index (Phi) is 6.51. The normalized spacial score (nSPS) is 17.0. The van der Waals surface area contributed by atoms with Crippen molar-refractivity contribution in [3.05, 3.63) is 196 Å². The lowest BCUT2D eigenvalue weighted by atomic mass is 9.80. The van der Waals surface area contributed by atoms with E-state index in [2.05, 4.69) is 190 Å². The third kappa shape index (κ3) is 4.34. The average Bonchev–Trinajstić information content (AvgIpc) is 3.78. The van der Waals surface area contributed by atoms with Gasteiger partial charge in [0.05, 0.1) is 0 Å². The summed E-state index contributed by atoms with van der Waals surface area (Å²) in [6.07, 6.45) is 3.17. The molecule has 0 saturated carbocycles. The molecule has 11 rings (SSSR count). The minimum Gasteiger partial charge on any atom is -0.456 e. The van der Waals surface area contributed by atoms with Gasteiger partial charge in [-0.05, 0) is 86.1 Å². The Morgan fingerprint density at radius 3 is 1.72 bits per heavy atom. The molecule has 1 atom stereocenters. The van der Waals surface area contributed by atoms with Gasteiger partial charge in [-0.15, -0.1) is 0 Å². The quantitative estimate of drug-likeness (QED) is 0.182. The van der Waals surface area contributed by atoms with Crippen LogP contribution in [0.3, 0.4) is 0 Å². The van der Waals surface area contributed by atoms with E-state index in [9.17, 15) is 0 Å². The summed E-state index contributed by atoms with van der Waals surface area (Å²) in [7, 11) is 0. The molecule has 1 heterocycles. The zero-order chi connectivity index (χ0) is 36.3. The largest absolute Gasteiger partial charge is 0.456 e. The van der Waals surface area contributed by atoms with E-state index in [0.717, 1.165) is 23.2 Å². The molecular formula is C52H41NO. The molecular weight excluding hydrogens is 655 g/mol. The number of furan rings is 1. The Balaban J connectivity index is 1.16. The van der Waals surface area contributed by atoms with Crippen molar-refractivity contribution in [3.8, 4) is 22.3 Å². The van der Waals surface area contributed by atoms with Gasteiger partial charge in [0.2, 0.25) is 0 Å². The van der Waals surface area contributed by atoms with Crippen LogP contribution in [0.2, 0.25) is 0 Å². The second-order valence-corrected chi connectivity index (χ2v) is 16.5. The number of nitrogens with zero attached hydrogens (tertiary/aromatic N) is 1. The molecule has 3 aliphatic rings. The van der Waals surface area contributed by atoms with Crippen LogP contribution in [0.15, 0.2) is 162 Å². The van der Waals surface area contributed by atoms with Crippen molar-refractivity contribution in [2.24, 2.45) is 0 Å². The fraction of sp³-hybridized carbons (Fsp3) is 0.154. The summed E-state index contributed by atoms with van der Waals surface area (Å²) in [4.78, 5) is 2.53. The minimum absolute atomic E-state index is 0.115. The summed E-state index contributed by atoms with van der Waals surface area (Å²) >= 11 is 0. The highest BCUT2D eigenvalue weighted by Crippen LogP contribution is 2.54. The number of hydrogen-bond donors (Lipinski definition) is 0. The van der Waals surface area contributed by atoms with Gasteiger partial charge < -0.3 is 9.32 Å². The topological polar surface area (TPSA) is 16.4 Å². The number of allylic oxidation sites excluding steroid dienone is 1. The molecule has 54 heavy (non-hydrogen) atoms. The Hall–Kier alpha value is -6.12. The average molecular weight is 696 g/mol. The van der Waals surface area contributed by atoms with E-state index in [1.54, 1.807) is 0 Å². The molecule has 3 aliphatic carbocycles. The lowest BCUT2D eigenvalue weighted by Crippen LogP contribution is -2.23. The molecule has 260 valence electrons. The third-order valence-electron chi connectivity index (χ3n) is 12.8. The van der Waals surface area contributed by atoms with Crippen molar-refractivity contribution >= 4 is 39.2 Å². The van der Waals surface area contributed by atoms with Crippen LogP contribution in [-0.4, -0.2) is 0 Å². The zero-order valence-electron chi connectivity index (χ0n) is 31.2. The molecule has 1 aromatic heterocycles. The van der Waals surface area contributed by atoms with Gasteiger partial charge in [0.1, 0.15) is 11.3 Å². The maximum Gasteiger partial charge on any atom is 0.142 e. The second kappa shape index (κ2) is 11.2. The Bertz CT molecular complexity index is 2760. The van der Waals surface area contributed by atoms with Crippen molar-refractivity contribution in [1.29, 1.82) is 0 Å². The lowest BCUT2D eigenvalue weighted by Gasteiger charge is -2.34. The van der Waals surface area contributed by atoms with Crippen molar-refractivity contribution in [2.75, 3.05) is 4.90 Å². The highest BCUT2D eigenvalue weighted by molar-refractivity contribution is 6.07. The van der Waals surface area contributed by atoms with Gasteiger partial charge in [0.15, 0.2) is 0 Å². The van der Waals surface area contributed by atoms with Gasteiger partial charge in [-0.3, -0.25) is 0 Å². The summed E-state index contributed by atoms with van der Waals surface area (Å²) in [5, 5.41) is 3.55. The maximum atomic E-state index is 7.00. The lowest BCUT2D eigenvalue weighted by molar-refractivity contribution is 0.588. The van der Waals surface area contributed by atoms with Crippen LogP contribution in [0.4, 0.5) is 11.4 Å². The van der Waals surface area contributed by atoms with Gasteiger partial charge in [-0.1, -0.05) is 155 Å². The molecule has 2 heteroatoms. The molecule has 0 amide bonds. The van der Waals surface area contributed by atoms with E-state index in [1.807, 2.05) is 0 Å². The molecule has 2 nitrogen and oxygen atoms in total. The zero-order valence-corrected chi connectivity index (χ0v) is 31.2. The number of fused-ring (bicyclic) bond motifs is 11. The van der Waals surface area contributed by atoms with Crippen LogP contribution in [0.1, 0.15) is 79.2 Å². The van der Waals surface area contributed by atoms with Crippen LogP contribution in [-0.2, 0) is 10.8 Å². The van der Waals surface area contributed by atoms with Crippen LogP contribution in [0.5, 0.6) is 0 Å². The van der Waals surface area contributed by atoms with Crippen LogP contribution in [0, 0.1) is 0 Å². The van der Waals surface area contributed by atoms with E-state index in [0.29, 0.717) is 0 Å². The number of anilines is 2. The van der Waals surface area contributed by atoms with E-state index in [4.69, 9.17) is 4.42 Å². The molecule has 0 aliphatic heterocycles. The molecule has 7 aromatic carbocycles. The summed E-state index contributed by atoms with van der Waals surface area (Å²) < 4.78 is 7.00. The molecule has 8 aromatic rings. The Morgan fingerprint density at radius 2 is 1.07 bits per heavy atom. The first-order chi connectivity index (χ1) is 26.3. The molecule has 0 bridgehead atoms. The van der Waals surface area contributed by atoms with Crippen molar-refractivity contribution < 1.29 is 4.42 Å². The van der Waals surface area contributed by atoms with Crippen LogP contribution < -0.4 is 4.90 Å². The minimum atomic E-state index is -0.115. The second-order valence-electron chi connectivity index (χ2n) is 16.5. The molecule has 0 N–H and O–H groups in total. The fourth-order valence-corrected chi connectivity index (χ4v) is 10.1. The number of rotatable bonds is 4. The predicted molar refractivity (Wildman–Crippen MR) is 225 cm³/mol. The van der Waals surface area contributed by atoms with Crippen molar-refractivity contribution in [3.63, 3.8) is 0 Å². The monoisotopic (exact) mass is 695 g/mol. The van der Waals surface area contributed by atoms with E-state index in [-0.39, 0.29) is 16.7 Å². The van der Waals surface area contributed by atoms with E-state index < -0.39 is 0 Å². The first-order valence-electron chi connectivity index (χ1n) is 19.3. The van der Waals surface area contributed by atoms with Crippen molar-refractivity contribution in [1.82, 2.24) is 0 Å². The SMILES string of the molecule is CC1(C)c2ccccc2-c2ccc(N(C3=Cc4oc5c(ccc6ccccc65)c4C(c4ccccc4)C3)c3ccc4c(c3)C(C)(C)c3ccccc3-4)cc21. The van der Waals surface area contributed by atoms with E-state index in [1.165, 1.54) is 83.5 Å². The summed E-state index contributed by atoms with van der Waals surface area (Å²) in [5.74, 6) is 1.07. The Morgan fingerprint density at radius 1 is 0.519 bits per heavy atom. The molecule has 1 unspecified atom stereocenters. The number of benzene rings is 7. The van der Waals surface area contributed by atoms with Crippen LogP contribution in [0.25, 0.3) is 50.1 Å². The highest BCUT2D eigenvalue weighted by Gasteiger charge is 2.39. The van der Waals surface area contributed by atoms with Gasteiger partial charge in [-0.2, -0.15) is 0 Å².